The largest absolute Gasteiger partial charge is 0.465 e. The van der Waals surface area contributed by atoms with Crippen LogP contribution >= 0.6 is 0 Å². The lowest BCUT2D eigenvalue weighted by atomic mass is 10.0. The van der Waals surface area contributed by atoms with Crippen molar-refractivity contribution < 1.29 is 14.3 Å². The Labute approximate surface area is 165 Å². The summed E-state index contributed by atoms with van der Waals surface area (Å²) in [7, 11) is 5.26. The zero-order valence-corrected chi connectivity index (χ0v) is 16.8. The van der Waals surface area contributed by atoms with Gasteiger partial charge in [0.15, 0.2) is 0 Å². The number of allylic oxidation sites excluding steroid dienone is 1. The number of esters is 1. The van der Waals surface area contributed by atoms with Gasteiger partial charge in [0, 0.05) is 31.2 Å². The first-order valence-electron chi connectivity index (χ1n) is 9.03. The predicted octanol–water partition coefficient (Wildman–Crippen LogP) is 3.94. The Morgan fingerprint density at radius 1 is 1.07 bits per heavy atom. The Morgan fingerprint density at radius 3 is 2.32 bits per heavy atom. The van der Waals surface area contributed by atoms with Crippen LogP contribution in [-0.4, -0.2) is 33.1 Å². The van der Waals surface area contributed by atoms with E-state index in [1.165, 1.54) is 7.11 Å². The second-order valence-corrected chi connectivity index (χ2v) is 6.98. The van der Waals surface area contributed by atoms with Crippen LogP contribution in [0.3, 0.4) is 0 Å². The summed E-state index contributed by atoms with van der Waals surface area (Å²) in [4.78, 5) is 29.3. The molecule has 144 valence electrons. The standard InChI is InChI=1S/C23H24N2O3/c1-15-7-6-8-19(13-15)25-16(2)21(23(27)28-5)20(22(25)26)14-17-9-11-18(12-10-17)24(3)4/h6-14H,1-5H3/b20-14-. The van der Waals surface area contributed by atoms with Crippen molar-refractivity contribution in [1.29, 1.82) is 0 Å². The molecule has 0 radical (unpaired) electrons. The normalized spacial score (nSPS) is 15.4. The van der Waals surface area contributed by atoms with Crippen molar-refractivity contribution in [3.05, 3.63) is 76.5 Å². The van der Waals surface area contributed by atoms with E-state index in [1.54, 1.807) is 17.9 Å². The Balaban J connectivity index is 2.09. The van der Waals surface area contributed by atoms with Crippen LogP contribution in [0.25, 0.3) is 6.08 Å². The molecule has 1 aliphatic heterocycles. The van der Waals surface area contributed by atoms with E-state index in [1.807, 2.05) is 74.4 Å². The number of hydrogen-bond acceptors (Lipinski definition) is 4. The minimum absolute atomic E-state index is 0.236. The molecular formula is C23H24N2O3. The fourth-order valence-electron chi connectivity index (χ4n) is 3.29. The van der Waals surface area contributed by atoms with Gasteiger partial charge in [0.2, 0.25) is 0 Å². The summed E-state index contributed by atoms with van der Waals surface area (Å²) in [5.41, 5.74) is 4.87. The summed E-state index contributed by atoms with van der Waals surface area (Å²) in [6.45, 7) is 3.73. The average molecular weight is 376 g/mol. The third kappa shape index (κ3) is 3.56. The molecule has 0 N–H and O–H groups in total. The van der Waals surface area contributed by atoms with Gasteiger partial charge in [-0.15, -0.1) is 0 Å². The molecular weight excluding hydrogens is 352 g/mol. The van der Waals surface area contributed by atoms with Crippen molar-refractivity contribution in [3.8, 4) is 0 Å². The molecule has 0 unspecified atom stereocenters. The fraction of sp³-hybridized carbons (Fsp3) is 0.217. The molecule has 3 rings (SSSR count). The second-order valence-electron chi connectivity index (χ2n) is 6.98. The number of nitrogens with zero attached hydrogens (tertiary/aromatic N) is 2. The van der Waals surface area contributed by atoms with Gasteiger partial charge in [-0.1, -0.05) is 24.3 Å². The van der Waals surface area contributed by atoms with E-state index in [0.29, 0.717) is 16.8 Å². The lowest BCUT2D eigenvalue weighted by molar-refractivity contribution is -0.136. The number of benzene rings is 2. The van der Waals surface area contributed by atoms with E-state index in [2.05, 4.69) is 0 Å². The quantitative estimate of drug-likeness (QED) is 0.599. The molecule has 2 aromatic carbocycles. The van der Waals surface area contributed by atoms with Gasteiger partial charge in [0.1, 0.15) is 0 Å². The summed E-state index contributed by atoms with van der Waals surface area (Å²) in [6.07, 6.45) is 1.74. The maximum absolute atomic E-state index is 13.2. The van der Waals surface area contributed by atoms with E-state index >= 15 is 0 Å². The van der Waals surface area contributed by atoms with Gasteiger partial charge in [-0.3, -0.25) is 9.69 Å². The van der Waals surface area contributed by atoms with Crippen LogP contribution in [0.2, 0.25) is 0 Å². The van der Waals surface area contributed by atoms with Crippen molar-refractivity contribution in [2.45, 2.75) is 13.8 Å². The van der Waals surface area contributed by atoms with Crippen LogP contribution in [0.4, 0.5) is 11.4 Å². The number of carbonyl (C=O) groups excluding carboxylic acids is 2. The third-order valence-corrected chi connectivity index (χ3v) is 4.77. The molecule has 0 aromatic heterocycles. The number of aryl methyl sites for hydroxylation is 1. The van der Waals surface area contributed by atoms with Crippen LogP contribution in [0, 0.1) is 6.92 Å². The Morgan fingerprint density at radius 2 is 1.75 bits per heavy atom. The lowest BCUT2D eigenvalue weighted by Gasteiger charge is -2.18. The maximum Gasteiger partial charge on any atom is 0.340 e. The monoisotopic (exact) mass is 376 g/mol. The minimum atomic E-state index is -0.517. The molecule has 0 saturated carbocycles. The Kier molecular flexibility index (Phi) is 5.36. The first-order chi connectivity index (χ1) is 13.3. The maximum atomic E-state index is 13.2. The summed E-state index contributed by atoms with van der Waals surface area (Å²) < 4.78 is 4.96. The fourth-order valence-corrected chi connectivity index (χ4v) is 3.29. The SMILES string of the molecule is COC(=O)C1=C(C)N(c2cccc(C)c2)C(=O)/C1=C\c1ccc(N(C)C)cc1. The molecule has 0 spiro atoms. The number of ether oxygens (including phenoxy) is 1. The molecule has 0 fully saturated rings. The lowest BCUT2D eigenvalue weighted by Crippen LogP contribution is -2.24. The summed E-state index contributed by atoms with van der Waals surface area (Å²) >= 11 is 0. The van der Waals surface area contributed by atoms with E-state index in [-0.39, 0.29) is 5.91 Å². The predicted molar refractivity (Wildman–Crippen MR) is 112 cm³/mol. The summed E-state index contributed by atoms with van der Waals surface area (Å²) in [5.74, 6) is -0.752. The molecule has 1 aliphatic rings. The molecule has 0 aliphatic carbocycles. The topological polar surface area (TPSA) is 49.9 Å². The number of methoxy groups -OCH3 is 1. The van der Waals surface area contributed by atoms with Crippen molar-refractivity contribution in [3.63, 3.8) is 0 Å². The van der Waals surface area contributed by atoms with Gasteiger partial charge in [0.05, 0.1) is 18.3 Å². The van der Waals surface area contributed by atoms with Crippen LogP contribution in [0.5, 0.6) is 0 Å². The van der Waals surface area contributed by atoms with Crippen molar-refractivity contribution in [2.75, 3.05) is 31.0 Å². The third-order valence-electron chi connectivity index (χ3n) is 4.77. The molecule has 0 atom stereocenters. The van der Waals surface area contributed by atoms with Crippen LogP contribution in [0.1, 0.15) is 18.1 Å². The van der Waals surface area contributed by atoms with E-state index < -0.39 is 5.97 Å². The van der Waals surface area contributed by atoms with Gasteiger partial charge in [-0.25, -0.2) is 4.79 Å². The highest BCUT2D eigenvalue weighted by Gasteiger charge is 2.37. The van der Waals surface area contributed by atoms with E-state index in [0.717, 1.165) is 22.5 Å². The number of rotatable bonds is 4. The number of anilines is 2. The number of amides is 1. The Bertz CT molecular complexity index is 985. The number of carbonyl (C=O) groups is 2. The van der Waals surface area contributed by atoms with Crippen LogP contribution in [0.15, 0.2) is 65.4 Å². The first kappa shape index (κ1) is 19.4. The first-order valence-corrected chi connectivity index (χ1v) is 9.03. The molecule has 1 amide bonds. The smallest absolute Gasteiger partial charge is 0.340 e. The summed E-state index contributed by atoms with van der Waals surface area (Å²) in [6, 6.07) is 15.4. The molecule has 0 bridgehead atoms. The molecule has 1 heterocycles. The average Bonchev–Trinajstić information content (AvgIpc) is 2.91. The highest BCUT2D eigenvalue weighted by Crippen LogP contribution is 2.35. The number of hydrogen-bond donors (Lipinski definition) is 0. The van der Waals surface area contributed by atoms with Crippen molar-refractivity contribution >= 4 is 29.3 Å². The zero-order valence-electron chi connectivity index (χ0n) is 16.8. The van der Waals surface area contributed by atoms with Gasteiger partial charge >= 0.3 is 5.97 Å². The molecule has 5 heteroatoms. The Hall–Kier alpha value is -3.34. The van der Waals surface area contributed by atoms with E-state index in [4.69, 9.17) is 4.74 Å². The highest BCUT2D eigenvalue weighted by molar-refractivity contribution is 6.23. The van der Waals surface area contributed by atoms with Gasteiger partial charge in [-0.2, -0.15) is 0 Å². The van der Waals surface area contributed by atoms with Crippen LogP contribution < -0.4 is 9.80 Å². The van der Waals surface area contributed by atoms with E-state index in [9.17, 15) is 9.59 Å². The van der Waals surface area contributed by atoms with Gasteiger partial charge in [-0.05, 0) is 55.3 Å². The van der Waals surface area contributed by atoms with Gasteiger partial charge < -0.3 is 9.64 Å². The molecule has 0 saturated heterocycles. The molecule has 5 nitrogen and oxygen atoms in total. The van der Waals surface area contributed by atoms with Gasteiger partial charge in [0.25, 0.3) is 5.91 Å². The van der Waals surface area contributed by atoms with Crippen LogP contribution in [-0.2, 0) is 14.3 Å². The molecule has 28 heavy (non-hydrogen) atoms. The van der Waals surface area contributed by atoms with Crippen molar-refractivity contribution in [2.24, 2.45) is 0 Å². The highest BCUT2D eigenvalue weighted by atomic mass is 16.5. The molecule has 2 aromatic rings. The minimum Gasteiger partial charge on any atom is -0.465 e. The summed E-state index contributed by atoms with van der Waals surface area (Å²) in [5, 5.41) is 0. The zero-order chi connectivity index (χ0) is 20.4. The van der Waals surface area contributed by atoms with Crippen molar-refractivity contribution in [1.82, 2.24) is 0 Å². The second kappa shape index (κ2) is 7.72.